The average Bonchev–Trinajstić information content (AvgIpc) is 3.31. The molecule has 0 amide bonds. The van der Waals surface area contributed by atoms with Crippen LogP contribution in [0.2, 0.25) is 5.02 Å². The Balaban J connectivity index is 1.83. The number of H-pyrrole nitrogens is 1. The van der Waals surface area contributed by atoms with Crippen molar-refractivity contribution in [3.8, 4) is 22.9 Å². The summed E-state index contributed by atoms with van der Waals surface area (Å²) in [5.41, 5.74) is 1.43. The van der Waals surface area contributed by atoms with Crippen molar-refractivity contribution in [2.45, 2.75) is 18.8 Å². The number of fused-ring (bicyclic) bond motifs is 1. The van der Waals surface area contributed by atoms with E-state index in [1.165, 1.54) is 0 Å². The predicted octanol–water partition coefficient (Wildman–Crippen LogP) is 2.74. The van der Waals surface area contributed by atoms with E-state index in [1.807, 2.05) is 0 Å². The van der Waals surface area contributed by atoms with Crippen molar-refractivity contribution < 1.29 is 9.47 Å². The molecule has 0 unspecified atom stereocenters. The first-order chi connectivity index (χ1) is 10.2. The van der Waals surface area contributed by atoms with Crippen LogP contribution in [-0.4, -0.2) is 23.2 Å². The number of hydrogen-bond acceptors (Lipinski definition) is 4. The molecule has 0 saturated heterocycles. The molecule has 2 aliphatic rings. The first kappa shape index (κ1) is 12.7. The number of aromatic amines is 1. The highest BCUT2D eigenvalue weighted by atomic mass is 35.5. The lowest BCUT2D eigenvalue weighted by Crippen LogP contribution is -2.16. The molecule has 1 N–H and O–H groups in total. The normalized spacial score (nSPS) is 16.8. The summed E-state index contributed by atoms with van der Waals surface area (Å²) in [4.78, 5) is 19.1. The fourth-order valence-corrected chi connectivity index (χ4v) is 2.71. The van der Waals surface area contributed by atoms with Gasteiger partial charge in [0.05, 0.1) is 10.7 Å². The maximum Gasteiger partial charge on any atom is 0.251 e. The number of ether oxygens (including phenoxy) is 2. The van der Waals surface area contributed by atoms with E-state index in [-0.39, 0.29) is 5.56 Å². The van der Waals surface area contributed by atoms with Crippen LogP contribution in [-0.2, 0) is 0 Å². The van der Waals surface area contributed by atoms with Gasteiger partial charge in [-0.05, 0) is 25.0 Å². The number of hydrogen-bond donors (Lipinski definition) is 1. The van der Waals surface area contributed by atoms with Gasteiger partial charge in [-0.25, -0.2) is 4.98 Å². The predicted molar refractivity (Wildman–Crippen MR) is 78.3 cm³/mol. The van der Waals surface area contributed by atoms with Gasteiger partial charge in [0.15, 0.2) is 11.5 Å². The van der Waals surface area contributed by atoms with E-state index in [9.17, 15) is 4.79 Å². The van der Waals surface area contributed by atoms with Crippen molar-refractivity contribution >= 4 is 11.6 Å². The zero-order valence-electron chi connectivity index (χ0n) is 11.2. The van der Waals surface area contributed by atoms with Crippen LogP contribution in [0, 0.1) is 0 Å². The summed E-state index contributed by atoms with van der Waals surface area (Å²) >= 11 is 6.23. The molecule has 1 aromatic carbocycles. The standard InChI is InChI=1S/C15H13ClN2O3/c16-10-5-9(6-12-14(10)21-4-3-20-12)15-17-11(8-1-2-8)7-13(19)18-15/h5-8H,1-4H2,(H,17,18,19). The van der Waals surface area contributed by atoms with Crippen molar-refractivity contribution in [3.05, 3.63) is 39.3 Å². The highest BCUT2D eigenvalue weighted by molar-refractivity contribution is 6.32. The van der Waals surface area contributed by atoms with E-state index >= 15 is 0 Å². The van der Waals surface area contributed by atoms with Crippen LogP contribution in [0.25, 0.3) is 11.4 Å². The highest BCUT2D eigenvalue weighted by Gasteiger charge is 2.26. The Hall–Kier alpha value is -2.01. The lowest BCUT2D eigenvalue weighted by atomic mass is 10.1. The zero-order chi connectivity index (χ0) is 14.4. The lowest BCUT2D eigenvalue weighted by Gasteiger charge is -2.20. The van der Waals surface area contributed by atoms with Crippen LogP contribution < -0.4 is 15.0 Å². The minimum atomic E-state index is -0.145. The van der Waals surface area contributed by atoms with E-state index in [0.717, 1.165) is 24.1 Å². The smallest absolute Gasteiger partial charge is 0.251 e. The van der Waals surface area contributed by atoms with Crippen LogP contribution in [0.4, 0.5) is 0 Å². The second-order valence-corrected chi connectivity index (χ2v) is 5.68. The maximum atomic E-state index is 11.8. The molecular weight excluding hydrogens is 292 g/mol. The van der Waals surface area contributed by atoms with Gasteiger partial charge in [0.25, 0.3) is 5.56 Å². The molecule has 2 heterocycles. The molecule has 1 aromatic heterocycles. The minimum Gasteiger partial charge on any atom is -0.486 e. The van der Waals surface area contributed by atoms with Gasteiger partial charge in [-0.1, -0.05) is 11.6 Å². The molecule has 1 fully saturated rings. The van der Waals surface area contributed by atoms with Gasteiger partial charge in [-0.2, -0.15) is 0 Å². The molecule has 0 bridgehead atoms. The molecule has 0 spiro atoms. The number of nitrogens with zero attached hydrogens (tertiary/aromatic N) is 1. The Morgan fingerprint density at radius 2 is 2.00 bits per heavy atom. The van der Waals surface area contributed by atoms with Crippen molar-refractivity contribution in [3.63, 3.8) is 0 Å². The Bertz CT molecular complexity index is 768. The van der Waals surface area contributed by atoms with E-state index in [2.05, 4.69) is 9.97 Å². The van der Waals surface area contributed by atoms with E-state index in [4.69, 9.17) is 21.1 Å². The number of benzene rings is 1. The summed E-state index contributed by atoms with van der Waals surface area (Å²) in [6.45, 7) is 0.969. The quantitative estimate of drug-likeness (QED) is 0.926. The fourth-order valence-electron chi connectivity index (χ4n) is 2.45. The Kier molecular flexibility index (Phi) is 2.89. The maximum absolute atomic E-state index is 11.8. The van der Waals surface area contributed by atoms with Crippen molar-refractivity contribution in [1.82, 2.24) is 9.97 Å². The summed E-state index contributed by atoms with van der Waals surface area (Å²) in [7, 11) is 0. The first-order valence-corrected chi connectivity index (χ1v) is 7.29. The van der Waals surface area contributed by atoms with E-state index in [1.54, 1.807) is 18.2 Å². The SMILES string of the molecule is O=c1cc(C2CC2)nc(-c2cc(Cl)c3c(c2)OCCO3)[nH]1. The summed E-state index contributed by atoms with van der Waals surface area (Å²) in [6.07, 6.45) is 2.19. The number of aromatic nitrogens is 2. The van der Waals surface area contributed by atoms with Gasteiger partial charge >= 0.3 is 0 Å². The molecule has 0 radical (unpaired) electrons. The van der Waals surface area contributed by atoms with Crippen LogP contribution in [0.1, 0.15) is 24.5 Å². The summed E-state index contributed by atoms with van der Waals surface area (Å²) in [5.74, 6) is 2.07. The summed E-state index contributed by atoms with van der Waals surface area (Å²) in [6, 6.07) is 5.11. The third-order valence-electron chi connectivity index (χ3n) is 3.63. The number of nitrogens with one attached hydrogen (secondary N) is 1. The molecule has 2 aromatic rings. The van der Waals surface area contributed by atoms with Gasteiger partial charge in [0.2, 0.25) is 0 Å². The van der Waals surface area contributed by atoms with Crippen LogP contribution >= 0.6 is 11.6 Å². The molecule has 1 saturated carbocycles. The molecule has 4 rings (SSSR count). The molecule has 108 valence electrons. The second kappa shape index (κ2) is 4.77. The Labute approximate surface area is 125 Å². The van der Waals surface area contributed by atoms with E-state index < -0.39 is 0 Å². The van der Waals surface area contributed by atoms with Gasteiger partial charge in [0.1, 0.15) is 19.0 Å². The lowest BCUT2D eigenvalue weighted by molar-refractivity contribution is 0.172. The van der Waals surface area contributed by atoms with E-state index in [0.29, 0.717) is 41.5 Å². The van der Waals surface area contributed by atoms with Gasteiger partial charge in [-0.3, -0.25) is 4.79 Å². The third-order valence-corrected chi connectivity index (χ3v) is 3.91. The monoisotopic (exact) mass is 304 g/mol. The molecule has 1 aliphatic heterocycles. The van der Waals surface area contributed by atoms with Crippen molar-refractivity contribution in [1.29, 1.82) is 0 Å². The van der Waals surface area contributed by atoms with Crippen LogP contribution in [0.5, 0.6) is 11.5 Å². The second-order valence-electron chi connectivity index (χ2n) is 5.28. The summed E-state index contributed by atoms with van der Waals surface area (Å²) in [5, 5.41) is 0.460. The van der Waals surface area contributed by atoms with Crippen LogP contribution in [0.15, 0.2) is 23.0 Å². The number of halogens is 1. The van der Waals surface area contributed by atoms with Crippen LogP contribution in [0.3, 0.4) is 0 Å². The highest BCUT2D eigenvalue weighted by Crippen LogP contribution is 2.41. The largest absolute Gasteiger partial charge is 0.486 e. The van der Waals surface area contributed by atoms with Crippen molar-refractivity contribution in [2.24, 2.45) is 0 Å². The van der Waals surface area contributed by atoms with Gasteiger partial charge in [-0.15, -0.1) is 0 Å². The zero-order valence-corrected chi connectivity index (χ0v) is 11.9. The molecular formula is C15H13ClN2O3. The summed E-state index contributed by atoms with van der Waals surface area (Å²) < 4.78 is 11.0. The molecule has 1 aliphatic carbocycles. The average molecular weight is 305 g/mol. The Morgan fingerprint density at radius 3 is 2.81 bits per heavy atom. The topological polar surface area (TPSA) is 64.2 Å². The minimum absolute atomic E-state index is 0.145. The molecule has 0 atom stereocenters. The van der Waals surface area contributed by atoms with Crippen molar-refractivity contribution in [2.75, 3.05) is 13.2 Å². The van der Waals surface area contributed by atoms with Gasteiger partial charge < -0.3 is 14.5 Å². The fraction of sp³-hybridized carbons (Fsp3) is 0.333. The van der Waals surface area contributed by atoms with Gasteiger partial charge in [0, 0.05) is 17.5 Å². The Morgan fingerprint density at radius 1 is 1.19 bits per heavy atom. The number of rotatable bonds is 2. The first-order valence-electron chi connectivity index (χ1n) is 6.91. The molecule has 6 heteroatoms. The third kappa shape index (κ3) is 2.38. The molecule has 21 heavy (non-hydrogen) atoms. The molecule has 5 nitrogen and oxygen atoms in total.